The van der Waals surface area contributed by atoms with Crippen LogP contribution in [0.2, 0.25) is 0 Å². The van der Waals surface area contributed by atoms with Crippen LogP contribution in [-0.4, -0.2) is 38.8 Å². The number of hydrogen-bond acceptors (Lipinski definition) is 5. The second-order valence-electron chi connectivity index (χ2n) is 6.09. The molecule has 0 unspecified atom stereocenters. The molecule has 8 nitrogen and oxygen atoms in total. The van der Waals surface area contributed by atoms with Gasteiger partial charge in [-0.1, -0.05) is 24.3 Å². The predicted octanol–water partition coefficient (Wildman–Crippen LogP) is 1.07. The maximum absolute atomic E-state index is 12.6. The van der Waals surface area contributed by atoms with Crippen molar-refractivity contribution in [1.29, 1.82) is 0 Å². The van der Waals surface area contributed by atoms with Gasteiger partial charge < -0.3 is 0 Å². The Bertz CT molecular complexity index is 1150. The zero-order chi connectivity index (χ0) is 19.1. The summed E-state index contributed by atoms with van der Waals surface area (Å²) in [7, 11) is 0. The number of carbonyl (C=O) groups excluding carboxylic acids is 3. The second-order valence-corrected chi connectivity index (χ2v) is 6.09. The average Bonchev–Trinajstić information content (AvgIpc) is 2.90. The molecule has 0 spiro atoms. The first-order chi connectivity index (χ1) is 13.0. The van der Waals surface area contributed by atoms with Gasteiger partial charge in [-0.05, 0) is 31.2 Å². The Hall–Kier alpha value is -3.81. The molecule has 1 aliphatic rings. The zero-order valence-corrected chi connectivity index (χ0v) is 14.3. The Morgan fingerprint density at radius 3 is 2.22 bits per heavy atom. The summed E-state index contributed by atoms with van der Waals surface area (Å²) < 4.78 is 1.02. The number of rotatable bonds is 3. The molecule has 1 aromatic heterocycles. The fraction of sp³-hybridized carbons (Fsp3) is 0.105. The van der Waals surface area contributed by atoms with E-state index in [2.05, 4.69) is 10.4 Å². The number of benzene rings is 2. The highest BCUT2D eigenvalue weighted by Gasteiger charge is 2.36. The fourth-order valence-corrected chi connectivity index (χ4v) is 3.06. The van der Waals surface area contributed by atoms with Crippen molar-refractivity contribution in [1.82, 2.24) is 14.6 Å². The normalized spacial score (nSPS) is 13.1. The summed E-state index contributed by atoms with van der Waals surface area (Å²) >= 11 is 0. The van der Waals surface area contributed by atoms with Gasteiger partial charge in [0.2, 0.25) is 0 Å². The van der Waals surface area contributed by atoms with Crippen molar-refractivity contribution in [3.63, 3.8) is 0 Å². The first-order valence-electron chi connectivity index (χ1n) is 8.21. The van der Waals surface area contributed by atoms with Crippen LogP contribution in [0.1, 0.15) is 26.5 Å². The Labute approximate surface area is 153 Å². The van der Waals surface area contributed by atoms with E-state index in [1.165, 1.54) is 12.1 Å². The fourth-order valence-electron chi connectivity index (χ4n) is 3.06. The number of nitrogens with zero attached hydrogens (tertiary/aromatic N) is 3. The Morgan fingerprint density at radius 2 is 1.56 bits per heavy atom. The molecule has 27 heavy (non-hydrogen) atoms. The molecule has 3 amide bonds. The van der Waals surface area contributed by atoms with E-state index in [4.69, 9.17) is 0 Å². The molecule has 0 bridgehead atoms. The van der Waals surface area contributed by atoms with Crippen molar-refractivity contribution >= 4 is 28.6 Å². The summed E-state index contributed by atoms with van der Waals surface area (Å²) in [6, 6.07) is 13.1. The van der Waals surface area contributed by atoms with Crippen LogP contribution >= 0.6 is 0 Å². The van der Waals surface area contributed by atoms with E-state index in [9.17, 15) is 19.2 Å². The summed E-state index contributed by atoms with van der Waals surface area (Å²) in [5.74, 6) is -1.46. The number of aryl methyl sites for hydroxylation is 1. The van der Waals surface area contributed by atoms with Gasteiger partial charge in [0, 0.05) is 0 Å². The zero-order valence-electron chi connectivity index (χ0n) is 14.3. The highest BCUT2D eigenvalue weighted by Crippen LogP contribution is 2.21. The van der Waals surface area contributed by atoms with Crippen LogP contribution in [0.15, 0.2) is 53.3 Å². The van der Waals surface area contributed by atoms with E-state index in [-0.39, 0.29) is 17.0 Å². The lowest BCUT2D eigenvalue weighted by Gasteiger charge is -2.16. The van der Waals surface area contributed by atoms with Crippen molar-refractivity contribution in [2.45, 2.75) is 6.92 Å². The van der Waals surface area contributed by atoms with Crippen molar-refractivity contribution in [3.8, 4) is 0 Å². The topological polar surface area (TPSA) is 101 Å². The molecule has 0 atom stereocenters. The van der Waals surface area contributed by atoms with E-state index in [1.807, 2.05) is 0 Å². The Kier molecular flexibility index (Phi) is 3.80. The third-order valence-electron chi connectivity index (χ3n) is 4.36. The SMILES string of the molecule is Cc1nc2ccccc2c(=O)n1NC(=O)CN1C(=O)c2ccccc2C1=O. The van der Waals surface area contributed by atoms with Crippen molar-refractivity contribution in [2.75, 3.05) is 12.0 Å². The second kappa shape index (κ2) is 6.17. The van der Waals surface area contributed by atoms with Crippen molar-refractivity contribution < 1.29 is 14.4 Å². The lowest BCUT2D eigenvalue weighted by molar-refractivity contribution is -0.117. The number of hydrogen-bond donors (Lipinski definition) is 1. The van der Waals surface area contributed by atoms with E-state index >= 15 is 0 Å². The monoisotopic (exact) mass is 362 g/mol. The molecule has 134 valence electrons. The van der Waals surface area contributed by atoms with E-state index in [1.54, 1.807) is 43.3 Å². The third-order valence-corrected chi connectivity index (χ3v) is 4.36. The van der Waals surface area contributed by atoms with Crippen LogP contribution in [0.4, 0.5) is 0 Å². The molecule has 2 aromatic carbocycles. The van der Waals surface area contributed by atoms with Gasteiger partial charge in [-0.25, -0.2) is 9.66 Å². The molecule has 4 rings (SSSR count). The molecule has 1 aliphatic heterocycles. The summed E-state index contributed by atoms with van der Waals surface area (Å²) in [5, 5.41) is 0.351. The van der Waals surface area contributed by atoms with E-state index in [0.29, 0.717) is 10.9 Å². The van der Waals surface area contributed by atoms with Gasteiger partial charge in [-0.15, -0.1) is 0 Å². The van der Waals surface area contributed by atoms with Crippen LogP contribution < -0.4 is 11.0 Å². The van der Waals surface area contributed by atoms with Crippen molar-refractivity contribution in [3.05, 3.63) is 75.8 Å². The van der Waals surface area contributed by atoms with Gasteiger partial charge in [0.1, 0.15) is 12.4 Å². The molecular weight excluding hydrogens is 348 g/mol. The Balaban J connectivity index is 1.60. The van der Waals surface area contributed by atoms with Gasteiger partial charge in [0.15, 0.2) is 0 Å². The minimum Gasteiger partial charge on any atom is -0.271 e. The lowest BCUT2D eigenvalue weighted by atomic mass is 10.1. The molecule has 1 N–H and O–H groups in total. The minimum atomic E-state index is -0.674. The highest BCUT2D eigenvalue weighted by atomic mass is 16.2. The van der Waals surface area contributed by atoms with Gasteiger partial charge in [-0.3, -0.25) is 29.5 Å². The van der Waals surface area contributed by atoms with Gasteiger partial charge >= 0.3 is 0 Å². The highest BCUT2D eigenvalue weighted by molar-refractivity contribution is 6.22. The van der Waals surface area contributed by atoms with Crippen LogP contribution in [0.25, 0.3) is 10.9 Å². The molecule has 0 fully saturated rings. The number of aromatic nitrogens is 2. The van der Waals surface area contributed by atoms with Gasteiger partial charge in [0.05, 0.1) is 22.0 Å². The molecule has 2 heterocycles. The van der Waals surface area contributed by atoms with E-state index in [0.717, 1.165) is 9.58 Å². The molecule has 0 saturated heterocycles. The molecule has 3 aromatic rings. The maximum atomic E-state index is 12.6. The first-order valence-corrected chi connectivity index (χ1v) is 8.21. The van der Waals surface area contributed by atoms with Crippen LogP contribution in [0.3, 0.4) is 0 Å². The number of nitrogens with one attached hydrogen (secondary N) is 1. The minimum absolute atomic E-state index is 0.260. The largest absolute Gasteiger partial charge is 0.280 e. The van der Waals surface area contributed by atoms with Crippen LogP contribution in [0, 0.1) is 6.92 Å². The predicted molar refractivity (Wildman–Crippen MR) is 96.9 cm³/mol. The lowest BCUT2D eigenvalue weighted by Crippen LogP contribution is -2.43. The molecular formula is C19H14N4O4. The Morgan fingerprint density at radius 1 is 0.963 bits per heavy atom. The average molecular weight is 362 g/mol. The molecule has 0 aliphatic carbocycles. The quantitative estimate of drug-likeness (QED) is 0.703. The smallest absolute Gasteiger partial charge is 0.271 e. The molecule has 0 saturated carbocycles. The number of para-hydroxylation sites is 1. The summed E-state index contributed by atoms with van der Waals surface area (Å²) in [4.78, 5) is 54.8. The molecule has 0 radical (unpaired) electrons. The maximum Gasteiger partial charge on any atom is 0.280 e. The summed E-state index contributed by atoms with van der Waals surface area (Å²) in [6.07, 6.45) is 0. The number of fused-ring (bicyclic) bond motifs is 2. The van der Waals surface area contributed by atoms with Crippen LogP contribution in [0.5, 0.6) is 0 Å². The number of carbonyl (C=O) groups is 3. The molecule has 8 heteroatoms. The number of imide groups is 1. The first kappa shape index (κ1) is 16.6. The van der Waals surface area contributed by atoms with Gasteiger partial charge in [-0.2, -0.15) is 0 Å². The van der Waals surface area contributed by atoms with Gasteiger partial charge in [0.25, 0.3) is 23.3 Å². The van der Waals surface area contributed by atoms with Crippen molar-refractivity contribution in [2.24, 2.45) is 0 Å². The summed E-state index contributed by atoms with van der Waals surface area (Å²) in [5.41, 5.74) is 3.03. The number of amides is 3. The van der Waals surface area contributed by atoms with Crippen LogP contribution in [-0.2, 0) is 4.79 Å². The third kappa shape index (κ3) is 2.67. The van der Waals surface area contributed by atoms with E-state index < -0.39 is 29.8 Å². The summed E-state index contributed by atoms with van der Waals surface area (Å²) in [6.45, 7) is 1.08. The standard InChI is InChI=1S/C19H14N4O4/c1-11-20-15-9-5-4-8-14(15)19(27)23(11)21-16(24)10-22-17(25)12-6-2-3-7-13(12)18(22)26/h2-9H,10H2,1H3,(H,21,24).